The van der Waals surface area contributed by atoms with Crippen molar-refractivity contribution in [3.63, 3.8) is 0 Å². The van der Waals surface area contributed by atoms with Gasteiger partial charge in [-0.1, -0.05) is 19.1 Å². The van der Waals surface area contributed by atoms with E-state index in [1.165, 1.54) is 12.1 Å². The number of carbonyl (C=O) groups excluding carboxylic acids is 1. The van der Waals surface area contributed by atoms with Gasteiger partial charge in [-0.3, -0.25) is 9.69 Å². The van der Waals surface area contributed by atoms with Crippen molar-refractivity contribution in [1.29, 1.82) is 0 Å². The number of amides is 1. The molecule has 0 unspecified atom stereocenters. The van der Waals surface area contributed by atoms with Crippen LogP contribution in [0.25, 0.3) is 0 Å². The van der Waals surface area contributed by atoms with Gasteiger partial charge in [-0.25, -0.2) is 4.39 Å². The summed E-state index contributed by atoms with van der Waals surface area (Å²) in [5, 5.41) is 13.2. The standard InChI is InChI=1S/C19H27FN2O2/c1-2-17(13-3-5-15(20)6-4-13)22-11-9-14(10-12-22)18(23)19(24)21-16-7-8-16/h3-6,14,16-18,23H,2,7-12H2,1H3,(H,21,24)/t17-,18-/m1/s1. The topological polar surface area (TPSA) is 52.6 Å². The third-order valence-corrected chi connectivity index (χ3v) is 5.30. The van der Waals surface area contributed by atoms with Gasteiger partial charge in [-0.05, 0) is 68.8 Å². The fraction of sp³-hybridized carbons (Fsp3) is 0.632. The number of benzene rings is 1. The maximum Gasteiger partial charge on any atom is 0.249 e. The highest BCUT2D eigenvalue weighted by molar-refractivity contribution is 5.81. The van der Waals surface area contributed by atoms with Crippen LogP contribution >= 0.6 is 0 Å². The Hall–Kier alpha value is -1.46. The first kappa shape index (κ1) is 17.4. The zero-order chi connectivity index (χ0) is 17.1. The third kappa shape index (κ3) is 4.14. The van der Waals surface area contributed by atoms with E-state index in [9.17, 15) is 14.3 Å². The molecule has 0 aromatic heterocycles. The Balaban J connectivity index is 1.54. The van der Waals surface area contributed by atoms with Crippen molar-refractivity contribution in [3.8, 4) is 0 Å². The first-order valence-corrected chi connectivity index (χ1v) is 9.06. The van der Waals surface area contributed by atoms with Crippen molar-refractivity contribution in [2.75, 3.05) is 13.1 Å². The van der Waals surface area contributed by atoms with Gasteiger partial charge in [0.25, 0.3) is 0 Å². The Morgan fingerprint density at radius 2 is 1.88 bits per heavy atom. The molecule has 1 aromatic carbocycles. The summed E-state index contributed by atoms with van der Waals surface area (Å²) in [6.45, 7) is 3.85. The minimum atomic E-state index is -0.890. The van der Waals surface area contributed by atoms with E-state index in [1.54, 1.807) is 0 Å². The molecule has 2 aliphatic rings. The summed E-state index contributed by atoms with van der Waals surface area (Å²) in [7, 11) is 0. The molecule has 1 heterocycles. The number of nitrogens with zero attached hydrogens (tertiary/aromatic N) is 1. The maximum atomic E-state index is 13.1. The Kier molecular flexibility index (Phi) is 5.51. The lowest BCUT2D eigenvalue weighted by atomic mass is 9.89. The predicted octanol–water partition coefficient (Wildman–Crippen LogP) is 2.63. The zero-order valence-corrected chi connectivity index (χ0v) is 14.2. The van der Waals surface area contributed by atoms with Crippen molar-refractivity contribution in [2.24, 2.45) is 5.92 Å². The van der Waals surface area contributed by atoms with Crippen molar-refractivity contribution < 1.29 is 14.3 Å². The Morgan fingerprint density at radius 3 is 2.42 bits per heavy atom. The lowest BCUT2D eigenvalue weighted by Gasteiger charge is -2.38. The number of nitrogens with one attached hydrogen (secondary N) is 1. The molecule has 1 saturated carbocycles. The largest absolute Gasteiger partial charge is 0.383 e. The van der Waals surface area contributed by atoms with Gasteiger partial charge in [-0.15, -0.1) is 0 Å². The van der Waals surface area contributed by atoms with Gasteiger partial charge in [0.15, 0.2) is 0 Å². The van der Waals surface area contributed by atoms with Crippen molar-refractivity contribution in [1.82, 2.24) is 10.2 Å². The van der Waals surface area contributed by atoms with E-state index in [-0.39, 0.29) is 29.7 Å². The van der Waals surface area contributed by atoms with Gasteiger partial charge in [0.1, 0.15) is 11.9 Å². The molecule has 3 rings (SSSR count). The molecule has 1 aliphatic heterocycles. The highest BCUT2D eigenvalue weighted by Gasteiger charge is 2.34. The smallest absolute Gasteiger partial charge is 0.249 e. The number of aliphatic hydroxyl groups excluding tert-OH is 1. The molecular formula is C19H27FN2O2. The second-order valence-electron chi connectivity index (χ2n) is 7.08. The van der Waals surface area contributed by atoms with E-state index in [1.807, 2.05) is 12.1 Å². The fourth-order valence-electron chi connectivity index (χ4n) is 3.66. The molecule has 4 nitrogen and oxygen atoms in total. The second-order valence-corrected chi connectivity index (χ2v) is 7.08. The minimum absolute atomic E-state index is 0.0331. The molecule has 5 heteroatoms. The summed E-state index contributed by atoms with van der Waals surface area (Å²) in [5.74, 6) is -0.385. The molecule has 0 spiro atoms. The van der Waals surface area contributed by atoms with Gasteiger partial charge in [0.2, 0.25) is 5.91 Å². The maximum absolute atomic E-state index is 13.1. The molecule has 2 fully saturated rings. The second kappa shape index (κ2) is 7.62. The number of hydrogen-bond donors (Lipinski definition) is 2. The SMILES string of the molecule is CC[C@H](c1ccc(F)cc1)N1CCC([C@@H](O)C(=O)NC2CC2)CC1. The average Bonchev–Trinajstić information content (AvgIpc) is 3.41. The van der Waals surface area contributed by atoms with Gasteiger partial charge >= 0.3 is 0 Å². The van der Waals surface area contributed by atoms with E-state index >= 15 is 0 Å². The molecule has 1 amide bonds. The summed E-state index contributed by atoms with van der Waals surface area (Å²) in [4.78, 5) is 14.4. The fourth-order valence-corrected chi connectivity index (χ4v) is 3.66. The van der Waals surface area contributed by atoms with Crippen LogP contribution in [0.1, 0.15) is 50.6 Å². The minimum Gasteiger partial charge on any atom is -0.383 e. The average molecular weight is 334 g/mol. The quantitative estimate of drug-likeness (QED) is 0.841. The number of aliphatic hydroxyl groups is 1. The van der Waals surface area contributed by atoms with Crippen LogP contribution in [0.3, 0.4) is 0 Å². The Morgan fingerprint density at radius 1 is 1.25 bits per heavy atom. The first-order chi connectivity index (χ1) is 11.6. The van der Waals surface area contributed by atoms with Crippen LogP contribution in [0.2, 0.25) is 0 Å². The summed E-state index contributed by atoms with van der Waals surface area (Å²) in [6.07, 6.45) is 3.77. The van der Waals surface area contributed by atoms with E-state index in [0.29, 0.717) is 0 Å². The molecule has 1 aromatic rings. The lowest BCUT2D eigenvalue weighted by molar-refractivity contribution is -0.133. The monoisotopic (exact) mass is 334 g/mol. The van der Waals surface area contributed by atoms with Crippen LogP contribution < -0.4 is 5.32 Å². The molecule has 1 saturated heterocycles. The molecule has 1 aliphatic carbocycles. The molecule has 0 radical (unpaired) electrons. The van der Waals surface area contributed by atoms with Gasteiger partial charge in [0, 0.05) is 12.1 Å². The summed E-state index contributed by atoms with van der Waals surface area (Å²) in [5.41, 5.74) is 1.13. The number of carbonyl (C=O) groups is 1. The van der Waals surface area contributed by atoms with Crippen LogP contribution in [0.5, 0.6) is 0 Å². The van der Waals surface area contributed by atoms with Crippen LogP contribution in [-0.2, 0) is 4.79 Å². The molecule has 132 valence electrons. The van der Waals surface area contributed by atoms with Crippen LogP contribution in [-0.4, -0.2) is 41.1 Å². The van der Waals surface area contributed by atoms with Crippen molar-refractivity contribution in [2.45, 2.75) is 57.2 Å². The van der Waals surface area contributed by atoms with Crippen LogP contribution in [0.15, 0.2) is 24.3 Å². The third-order valence-electron chi connectivity index (χ3n) is 5.30. The van der Waals surface area contributed by atoms with E-state index < -0.39 is 6.10 Å². The highest BCUT2D eigenvalue weighted by Crippen LogP contribution is 2.31. The van der Waals surface area contributed by atoms with E-state index in [4.69, 9.17) is 0 Å². The highest BCUT2D eigenvalue weighted by atomic mass is 19.1. The summed E-state index contributed by atoms with van der Waals surface area (Å²) >= 11 is 0. The molecule has 2 atom stereocenters. The normalized spacial score (nSPS) is 22.1. The number of likely N-dealkylation sites (tertiary alicyclic amines) is 1. The van der Waals surface area contributed by atoms with Gasteiger partial charge in [0.05, 0.1) is 0 Å². The molecular weight excluding hydrogens is 307 g/mol. The van der Waals surface area contributed by atoms with Crippen molar-refractivity contribution >= 4 is 5.91 Å². The molecule has 24 heavy (non-hydrogen) atoms. The van der Waals surface area contributed by atoms with E-state index in [2.05, 4.69) is 17.1 Å². The summed E-state index contributed by atoms with van der Waals surface area (Å²) in [6, 6.07) is 7.29. The molecule has 2 N–H and O–H groups in total. The number of hydrogen-bond acceptors (Lipinski definition) is 3. The van der Waals surface area contributed by atoms with Crippen LogP contribution in [0, 0.1) is 11.7 Å². The molecule has 0 bridgehead atoms. The lowest BCUT2D eigenvalue weighted by Crippen LogP contribution is -2.45. The van der Waals surface area contributed by atoms with Crippen molar-refractivity contribution in [3.05, 3.63) is 35.6 Å². The van der Waals surface area contributed by atoms with Crippen LogP contribution in [0.4, 0.5) is 4.39 Å². The van der Waals surface area contributed by atoms with Gasteiger partial charge < -0.3 is 10.4 Å². The Labute approximate surface area is 143 Å². The number of piperidine rings is 1. The zero-order valence-electron chi connectivity index (χ0n) is 14.2. The first-order valence-electron chi connectivity index (χ1n) is 9.06. The number of rotatable bonds is 6. The Bertz CT molecular complexity index is 551. The number of halogens is 1. The predicted molar refractivity (Wildman–Crippen MR) is 90.9 cm³/mol. The van der Waals surface area contributed by atoms with Gasteiger partial charge in [-0.2, -0.15) is 0 Å². The summed E-state index contributed by atoms with van der Waals surface area (Å²) < 4.78 is 13.1. The van der Waals surface area contributed by atoms with E-state index in [0.717, 1.165) is 50.8 Å².